The van der Waals surface area contributed by atoms with E-state index in [1.807, 2.05) is 4.90 Å². The molecule has 2 N–H and O–H groups in total. The van der Waals surface area contributed by atoms with Gasteiger partial charge in [-0.1, -0.05) is 0 Å². The Bertz CT molecular complexity index is 633. The molecule has 2 fully saturated rings. The van der Waals surface area contributed by atoms with Gasteiger partial charge in [-0.05, 0) is 19.3 Å². The molecule has 0 bridgehead atoms. The Balaban J connectivity index is 1.81. The van der Waals surface area contributed by atoms with Crippen LogP contribution < -0.4 is 10.2 Å². The van der Waals surface area contributed by atoms with E-state index in [4.69, 9.17) is 0 Å². The van der Waals surface area contributed by atoms with Crippen LogP contribution in [0.3, 0.4) is 0 Å². The molecule has 118 valence electrons. The van der Waals surface area contributed by atoms with Crippen molar-refractivity contribution >= 4 is 23.6 Å². The van der Waals surface area contributed by atoms with E-state index in [-0.39, 0.29) is 17.2 Å². The molecule has 3 rings (SSSR count). The number of aromatic nitrogens is 2. The predicted octanol–water partition coefficient (Wildman–Crippen LogP) is 1.27. The lowest BCUT2D eigenvalue weighted by Gasteiger charge is -2.37. The molecule has 22 heavy (non-hydrogen) atoms. The standard InChI is InChI=1S/C14H17FN4O3/c1-8(20)17-11-10(15)6-16-13(18-11)19-5-2-9(12(21)22)14(7-19)3-4-14/h6,9H,2-5,7H2,1H3,(H,21,22)(H,16,17,18,20). The van der Waals surface area contributed by atoms with Crippen LogP contribution in [-0.2, 0) is 9.59 Å². The SMILES string of the molecule is CC(=O)Nc1nc(N2CCC(C(=O)O)C3(CC3)C2)ncc1F. The topological polar surface area (TPSA) is 95.4 Å². The minimum absolute atomic E-state index is 0.150. The minimum Gasteiger partial charge on any atom is -0.481 e. The van der Waals surface area contributed by atoms with Gasteiger partial charge in [0.1, 0.15) is 0 Å². The molecule has 1 aromatic rings. The summed E-state index contributed by atoms with van der Waals surface area (Å²) in [6.45, 7) is 2.33. The summed E-state index contributed by atoms with van der Waals surface area (Å²) < 4.78 is 13.6. The second kappa shape index (κ2) is 5.19. The minimum atomic E-state index is -0.754. The van der Waals surface area contributed by atoms with Gasteiger partial charge in [-0.3, -0.25) is 9.59 Å². The van der Waals surface area contributed by atoms with Crippen LogP contribution in [0.25, 0.3) is 0 Å². The third kappa shape index (κ3) is 2.60. The number of piperidine rings is 1. The zero-order valence-electron chi connectivity index (χ0n) is 12.2. The second-order valence-corrected chi connectivity index (χ2v) is 6.01. The van der Waals surface area contributed by atoms with E-state index in [1.54, 1.807) is 0 Å². The van der Waals surface area contributed by atoms with E-state index in [2.05, 4.69) is 15.3 Å². The van der Waals surface area contributed by atoms with Crippen LogP contribution in [-0.4, -0.2) is 40.0 Å². The number of carboxylic acid groups (broad SMARTS) is 1. The molecule has 1 unspecified atom stereocenters. The molecule has 1 aromatic heterocycles. The average molecular weight is 308 g/mol. The van der Waals surface area contributed by atoms with Gasteiger partial charge in [0.05, 0.1) is 12.1 Å². The third-order valence-electron chi connectivity index (χ3n) is 4.43. The van der Waals surface area contributed by atoms with Gasteiger partial charge in [0.25, 0.3) is 0 Å². The fourth-order valence-corrected chi connectivity index (χ4v) is 3.15. The first-order valence-corrected chi connectivity index (χ1v) is 7.19. The van der Waals surface area contributed by atoms with Gasteiger partial charge in [0, 0.05) is 25.4 Å². The van der Waals surface area contributed by atoms with E-state index in [0.29, 0.717) is 25.5 Å². The Morgan fingerprint density at radius 2 is 2.23 bits per heavy atom. The lowest BCUT2D eigenvalue weighted by atomic mass is 9.82. The molecule has 8 heteroatoms. The number of rotatable bonds is 3. The van der Waals surface area contributed by atoms with Crippen molar-refractivity contribution in [3.63, 3.8) is 0 Å². The molecule has 1 aliphatic heterocycles. The van der Waals surface area contributed by atoms with E-state index in [0.717, 1.165) is 19.0 Å². The summed E-state index contributed by atoms with van der Waals surface area (Å²) in [7, 11) is 0. The summed E-state index contributed by atoms with van der Waals surface area (Å²) in [4.78, 5) is 32.3. The Morgan fingerprint density at radius 1 is 1.50 bits per heavy atom. The highest BCUT2D eigenvalue weighted by molar-refractivity contribution is 5.87. The van der Waals surface area contributed by atoms with Crippen LogP contribution in [0.4, 0.5) is 16.2 Å². The number of hydrogen-bond acceptors (Lipinski definition) is 5. The molecular formula is C14H17FN4O3. The molecule has 2 aliphatic rings. The smallest absolute Gasteiger partial charge is 0.307 e. The van der Waals surface area contributed by atoms with Crippen molar-refractivity contribution in [3.05, 3.63) is 12.0 Å². The highest BCUT2D eigenvalue weighted by atomic mass is 19.1. The van der Waals surface area contributed by atoms with Crippen LogP contribution >= 0.6 is 0 Å². The number of carbonyl (C=O) groups is 2. The van der Waals surface area contributed by atoms with Gasteiger partial charge < -0.3 is 15.3 Å². The summed E-state index contributed by atoms with van der Waals surface area (Å²) in [6, 6.07) is 0. The number of nitrogens with zero attached hydrogens (tertiary/aromatic N) is 3. The Labute approximate surface area is 126 Å². The van der Waals surface area contributed by atoms with E-state index in [9.17, 15) is 19.1 Å². The van der Waals surface area contributed by atoms with Gasteiger partial charge in [0.2, 0.25) is 11.9 Å². The van der Waals surface area contributed by atoms with Crippen LogP contribution in [0.1, 0.15) is 26.2 Å². The van der Waals surface area contributed by atoms with Gasteiger partial charge in [-0.15, -0.1) is 0 Å². The van der Waals surface area contributed by atoms with Crippen molar-refractivity contribution in [3.8, 4) is 0 Å². The van der Waals surface area contributed by atoms with Gasteiger partial charge >= 0.3 is 5.97 Å². The molecule has 1 aliphatic carbocycles. The monoisotopic (exact) mass is 308 g/mol. The largest absolute Gasteiger partial charge is 0.481 e. The van der Waals surface area contributed by atoms with Crippen molar-refractivity contribution in [2.75, 3.05) is 23.3 Å². The summed E-state index contributed by atoms with van der Waals surface area (Å²) in [6.07, 6.45) is 3.29. The molecular weight excluding hydrogens is 291 g/mol. The normalized spacial score (nSPS) is 22.5. The summed E-state index contributed by atoms with van der Waals surface area (Å²) >= 11 is 0. The van der Waals surface area contributed by atoms with Crippen molar-refractivity contribution < 1.29 is 19.1 Å². The Morgan fingerprint density at radius 3 is 2.82 bits per heavy atom. The van der Waals surface area contributed by atoms with Gasteiger partial charge in [-0.2, -0.15) is 4.98 Å². The molecule has 1 saturated carbocycles. The average Bonchev–Trinajstić information content (AvgIpc) is 3.20. The Kier molecular flexibility index (Phi) is 3.46. The first kappa shape index (κ1) is 14.7. The van der Waals surface area contributed by atoms with Crippen LogP contribution in [0.5, 0.6) is 0 Å². The number of aliphatic carboxylic acids is 1. The number of carboxylic acids is 1. The maximum atomic E-state index is 13.6. The number of hydrogen-bond donors (Lipinski definition) is 2. The molecule has 1 atom stereocenters. The fourth-order valence-electron chi connectivity index (χ4n) is 3.15. The molecule has 0 radical (unpaired) electrons. The highest BCUT2D eigenvalue weighted by Gasteiger charge is 2.55. The van der Waals surface area contributed by atoms with Gasteiger partial charge in [-0.25, -0.2) is 9.37 Å². The second-order valence-electron chi connectivity index (χ2n) is 6.01. The summed E-state index contributed by atoms with van der Waals surface area (Å²) in [5.41, 5.74) is -0.212. The number of halogens is 1. The molecule has 1 saturated heterocycles. The predicted molar refractivity (Wildman–Crippen MR) is 75.9 cm³/mol. The van der Waals surface area contributed by atoms with Crippen LogP contribution in [0, 0.1) is 17.2 Å². The highest BCUT2D eigenvalue weighted by Crippen LogP contribution is 2.56. The zero-order chi connectivity index (χ0) is 15.9. The maximum absolute atomic E-state index is 13.6. The van der Waals surface area contributed by atoms with Gasteiger partial charge in [0.15, 0.2) is 11.6 Å². The lowest BCUT2D eigenvalue weighted by molar-refractivity contribution is -0.145. The molecule has 2 heterocycles. The van der Waals surface area contributed by atoms with Crippen molar-refractivity contribution in [2.24, 2.45) is 11.3 Å². The molecule has 1 amide bonds. The summed E-state index contributed by atoms with van der Waals surface area (Å²) in [5.74, 6) is -2.02. The summed E-state index contributed by atoms with van der Waals surface area (Å²) in [5, 5.41) is 11.6. The third-order valence-corrected chi connectivity index (χ3v) is 4.43. The van der Waals surface area contributed by atoms with Crippen molar-refractivity contribution in [1.82, 2.24) is 9.97 Å². The zero-order valence-corrected chi connectivity index (χ0v) is 12.2. The number of amides is 1. The first-order chi connectivity index (χ1) is 10.4. The number of carbonyl (C=O) groups excluding carboxylic acids is 1. The molecule has 0 aromatic carbocycles. The molecule has 1 spiro atoms. The quantitative estimate of drug-likeness (QED) is 0.873. The molecule has 7 nitrogen and oxygen atoms in total. The number of anilines is 2. The van der Waals surface area contributed by atoms with Crippen molar-refractivity contribution in [2.45, 2.75) is 26.2 Å². The van der Waals surface area contributed by atoms with Crippen LogP contribution in [0.2, 0.25) is 0 Å². The fraction of sp³-hybridized carbons (Fsp3) is 0.571. The lowest BCUT2D eigenvalue weighted by Crippen LogP contribution is -2.45. The van der Waals surface area contributed by atoms with E-state index >= 15 is 0 Å². The van der Waals surface area contributed by atoms with Crippen LogP contribution in [0.15, 0.2) is 6.20 Å². The number of nitrogens with one attached hydrogen (secondary N) is 1. The first-order valence-electron chi connectivity index (χ1n) is 7.19. The van der Waals surface area contributed by atoms with E-state index in [1.165, 1.54) is 6.92 Å². The maximum Gasteiger partial charge on any atom is 0.307 e. The van der Waals surface area contributed by atoms with Crippen molar-refractivity contribution in [1.29, 1.82) is 0 Å². The van der Waals surface area contributed by atoms with E-state index < -0.39 is 17.7 Å². The Hall–Kier alpha value is -2.25.